The van der Waals surface area contributed by atoms with Crippen molar-refractivity contribution in [3.8, 4) is 5.75 Å². The van der Waals surface area contributed by atoms with Gasteiger partial charge in [-0.05, 0) is 23.3 Å². The van der Waals surface area contributed by atoms with Gasteiger partial charge in [0.25, 0.3) is 0 Å². The number of H-pyrrole nitrogens is 1. The van der Waals surface area contributed by atoms with Crippen molar-refractivity contribution in [3.63, 3.8) is 0 Å². The first kappa shape index (κ1) is 24.3. The Morgan fingerprint density at radius 1 is 0.971 bits per heavy atom. The van der Waals surface area contributed by atoms with E-state index in [1.54, 1.807) is 12.1 Å². The van der Waals surface area contributed by atoms with Crippen molar-refractivity contribution in [3.05, 3.63) is 83.9 Å². The van der Waals surface area contributed by atoms with Crippen LogP contribution in [0, 0.1) is 0 Å². The number of aromatic hydroxyl groups is 1. The zero-order valence-corrected chi connectivity index (χ0v) is 18.6. The third-order valence-electron chi connectivity index (χ3n) is 4.98. The maximum absolute atomic E-state index is 13.1. The summed E-state index contributed by atoms with van der Waals surface area (Å²) < 4.78 is 10.1. The second-order valence-corrected chi connectivity index (χ2v) is 7.49. The first-order valence-corrected chi connectivity index (χ1v) is 10.5. The van der Waals surface area contributed by atoms with Gasteiger partial charge in [-0.1, -0.05) is 42.5 Å². The fraction of sp³-hybridized carbons (Fsp3) is 0.250. The van der Waals surface area contributed by atoms with Crippen molar-refractivity contribution in [1.29, 1.82) is 0 Å². The molecule has 10 heteroatoms. The monoisotopic (exact) mass is 466 g/mol. The number of esters is 1. The second-order valence-electron chi connectivity index (χ2n) is 7.49. The van der Waals surface area contributed by atoms with E-state index < -0.39 is 30.1 Å². The summed E-state index contributed by atoms with van der Waals surface area (Å²) in [5.74, 6) is -1.16. The normalized spacial score (nSPS) is 12.3. The molecule has 2 atom stereocenters. The van der Waals surface area contributed by atoms with Crippen LogP contribution in [0.1, 0.15) is 16.8 Å². The average Bonchev–Trinajstić information content (AvgIpc) is 3.36. The van der Waals surface area contributed by atoms with E-state index in [0.29, 0.717) is 11.3 Å². The van der Waals surface area contributed by atoms with E-state index in [1.165, 1.54) is 31.8 Å². The standard InChI is InChI=1S/C24H26N4O6/c1-33-23(31)21(11-16-7-9-19(29)10-8-16)27-22(30)20(12-18-13-25-15-26-18)28-24(32)34-14-17-5-3-2-4-6-17/h2-10,13,15,20-21,29H,11-12,14H2,1H3,(H,25,26)(H,27,30)(H,28,32)/t20?,21-/m0/s1. The molecule has 1 aromatic heterocycles. The van der Waals surface area contributed by atoms with Crippen LogP contribution in [-0.2, 0) is 38.5 Å². The number of phenols is 1. The molecule has 0 spiro atoms. The number of carbonyl (C=O) groups is 3. The van der Waals surface area contributed by atoms with Gasteiger partial charge in [-0.15, -0.1) is 0 Å². The number of rotatable bonds is 10. The van der Waals surface area contributed by atoms with E-state index in [-0.39, 0.29) is 25.2 Å². The number of hydrogen-bond donors (Lipinski definition) is 4. The lowest BCUT2D eigenvalue weighted by Crippen LogP contribution is -2.53. The lowest BCUT2D eigenvalue weighted by atomic mass is 10.0. The maximum atomic E-state index is 13.1. The molecule has 1 unspecified atom stereocenters. The summed E-state index contributed by atoms with van der Waals surface area (Å²) in [5.41, 5.74) is 2.11. The molecule has 0 aliphatic carbocycles. The summed E-state index contributed by atoms with van der Waals surface area (Å²) in [7, 11) is 1.22. The highest BCUT2D eigenvalue weighted by Crippen LogP contribution is 2.12. The summed E-state index contributed by atoms with van der Waals surface area (Å²) >= 11 is 0. The highest BCUT2D eigenvalue weighted by atomic mass is 16.5. The molecule has 0 saturated carbocycles. The first-order valence-electron chi connectivity index (χ1n) is 10.5. The van der Waals surface area contributed by atoms with Crippen molar-refractivity contribution >= 4 is 18.0 Å². The topological polar surface area (TPSA) is 143 Å². The Kier molecular flexibility index (Phi) is 8.61. The zero-order valence-electron chi connectivity index (χ0n) is 18.6. The van der Waals surface area contributed by atoms with E-state index >= 15 is 0 Å². The number of aromatic nitrogens is 2. The van der Waals surface area contributed by atoms with Crippen molar-refractivity contribution in [2.45, 2.75) is 31.5 Å². The van der Waals surface area contributed by atoms with Crippen molar-refractivity contribution in [2.75, 3.05) is 7.11 Å². The molecule has 0 saturated heterocycles. The van der Waals surface area contributed by atoms with Crippen LogP contribution in [0.25, 0.3) is 0 Å². The summed E-state index contributed by atoms with van der Waals surface area (Å²) in [6, 6.07) is 13.3. The van der Waals surface area contributed by atoms with Gasteiger partial charge in [-0.25, -0.2) is 14.6 Å². The molecule has 0 aliphatic heterocycles. The third kappa shape index (κ3) is 7.37. The van der Waals surface area contributed by atoms with Gasteiger partial charge in [-0.2, -0.15) is 0 Å². The number of imidazole rings is 1. The van der Waals surface area contributed by atoms with Crippen LogP contribution in [-0.4, -0.2) is 52.2 Å². The van der Waals surface area contributed by atoms with Gasteiger partial charge >= 0.3 is 12.1 Å². The number of aromatic amines is 1. The number of hydrogen-bond acceptors (Lipinski definition) is 7. The average molecular weight is 466 g/mol. The minimum atomic E-state index is -1.05. The molecule has 34 heavy (non-hydrogen) atoms. The number of alkyl carbamates (subject to hydrolysis) is 1. The van der Waals surface area contributed by atoms with Gasteiger partial charge < -0.3 is 30.2 Å². The first-order chi connectivity index (χ1) is 16.4. The molecule has 10 nitrogen and oxygen atoms in total. The minimum Gasteiger partial charge on any atom is -0.508 e. The van der Waals surface area contributed by atoms with Crippen LogP contribution in [0.4, 0.5) is 4.79 Å². The molecule has 178 valence electrons. The molecule has 1 heterocycles. The summed E-state index contributed by atoms with van der Waals surface area (Å²) in [6.45, 7) is 0.0384. The number of phenolic OH excluding ortho intramolecular Hbond substituents is 1. The van der Waals surface area contributed by atoms with Gasteiger partial charge in [0.1, 0.15) is 24.4 Å². The number of carbonyl (C=O) groups excluding carboxylic acids is 3. The molecule has 2 aromatic carbocycles. The molecular formula is C24H26N4O6. The molecule has 0 radical (unpaired) electrons. The van der Waals surface area contributed by atoms with E-state index in [1.807, 2.05) is 30.3 Å². The minimum absolute atomic E-state index is 0.0384. The number of benzene rings is 2. The van der Waals surface area contributed by atoms with Gasteiger partial charge in [0.15, 0.2) is 0 Å². The van der Waals surface area contributed by atoms with Crippen molar-refractivity contribution in [2.24, 2.45) is 0 Å². The Balaban J connectivity index is 1.68. The molecule has 4 N–H and O–H groups in total. The van der Waals surface area contributed by atoms with Crippen LogP contribution in [0.15, 0.2) is 67.1 Å². The van der Waals surface area contributed by atoms with Gasteiger partial charge in [-0.3, -0.25) is 4.79 Å². The number of nitrogens with one attached hydrogen (secondary N) is 3. The van der Waals surface area contributed by atoms with Crippen molar-refractivity contribution in [1.82, 2.24) is 20.6 Å². The van der Waals surface area contributed by atoms with Crippen LogP contribution in [0.2, 0.25) is 0 Å². The van der Waals surface area contributed by atoms with E-state index in [2.05, 4.69) is 20.6 Å². The van der Waals surface area contributed by atoms with Crippen LogP contribution >= 0.6 is 0 Å². The second kappa shape index (κ2) is 12.0. The largest absolute Gasteiger partial charge is 0.508 e. The van der Waals surface area contributed by atoms with Gasteiger partial charge in [0.05, 0.1) is 13.4 Å². The summed E-state index contributed by atoms with van der Waals surface area (Å²) in [6.07, 6.45) is 2.44. The maximum Gasteiger partial charge on any atom is 0.408 e. The smallest absolute Gasteiger partial charge is 0.408 e. The van der Waals surface area contributed by atoms with Crippen LogP contribution in [0.5, 0.6) is 5.75 Å². The number of ether oxygens (including phenoxy) is 2. The zero-order chi connectivity index (χ0) is 24.3. The third-order valence-corrected chi connectivity index (χ3v) is 4.98. The molecule has 3 aromatic rings. The predicted molar refractivity (Wildman–Crippen MR) is 122 cm³/mol. The summed E-state index contributed by atoms with van der Waals surface area (Å²) in [5, 5.41) is 14.7. The lowest BCUT2D eigenvalue weighted by Gasteiger charge is -2.22. The van der Waals surface area contributed by atoms with E-state index in [9.17, 15) is 19.5 Å². The fourth-order valence-electron chi connectivity index (χ4n) is 3.21. The molecule has 0 bridgehead atoms. The predicted octanol–water partition coefficient (Wildman–Crippen LogP) is 1.85. The number of amides is 2. The molecule has 0 aliphatic rings. The SMILES string of the molecule is COC(=O)[C@H](Cc1ccc(O)cc1)NC(=O)C(Cc1cnc[nH]1)NC(=O)OCc1ccccc1. The highest BCUT2D eigenvalue weighted by Gasteiger charge is 2.28. The highest BCUT2D eigenvalue weighted by molar-refractivity contribution is 5.90. The Morgan fingerprint density at radius 3 is 2.35 bits per heavy atom. The lowest BCUT2D eigenvalue weighted by molar-refractivity contribution is -0.145. The molecule has 0 fully saturated rings. The van der Waals surface area contributed by atoms with Gasteiger partial charge in [0, 0.05) is 24.7 Å². The van der Waals surface area contributed by atoms with Crippen molar-refractivity contribution < 1.29 is 29.0 Å². The van der Waals surface area contributed by atoms with Crippen LogP contribution in [0.3, 0.4) is 0 Å². The van der Waals surface area contributed by atoms with Gasteiger partial charge in [0.2, 0.25) is 5.91 Å². The number of nitrogens with zero attached hydrogens (tertiary/aromatic N) is 1. The Hall–Kier alpha value is -4.34. The van der Waals surface area contributed by atoms with Crippen LogP contribution < -0.4 is 10.6 Å². The number of methoxy groups -OCH3 is 1. The summed E-state index contributed by atoms with van der Waals surface area (Å²) in [4.78, 5) is 44.6. The molecule has 2 amide bonds. The Bertz CT molecular complexity index is 1070. The fourth-order valence-corrected chi connectivity index (χ4v) is 3.21. The quantitative estimate of drug-likeness (QED) is 0.334. The van der Waals surface area contributed by atoms with E-state index in [0.717, 1.165) is 5.56 Å². The van der Waals surface area contributed by atoms with E-state index in [4.69, 9.17) is 9.47 Å². The Labute approximate surface area is 196 Å². The molecular weight excluding hydrogens is 440 g/mol. The molecule has 3 rings (SSSR count). The Morgan fingerprint density at radius 2 is 1.71 bits per heavy atom.